The zero-order chi connectivity index (χ0) is 12.0. The van der Waals surface area contributed by atoms with Crippen LogP contribution in [0.15, 0.2) is 4.99 Å². The molecule has 0 amide bonds. The van der Waals surface area contributed by atoms with Crippen molar-refractivity contribution in [1.29, 1.82) is 0 Å². The fourth-order valence-corrected chi connectivity index (χ4v) is 2.27. The van der Waals surface area contributed by atoms with Gasteiger partial charge in [-0.25, -0.2) is 0 Å². The van der Waals surface area contributed by atoms with Gasteiger partial charge in [-0.2, -0.15) is 0 Å². The van der Waals surface area contributed by atoms with Crippen molar-refractivity contribution < 1.29 is 0 Å². The maximum atomic E-state index is 5.82. The van der Waals surface area contributed by atoms with Crippen LogP contribution >= 0.6 is 24.0 Å². The first-order valence-electron chi connectivity index (χ1n) is 6.63. The number of hydrogen-bond donors (Lipinski definition) is 2. The van der Waals surface area contributed by atoms with Crippen LogP contribution in [0.1, 0.15) is 46.5 Å². The maximum absolute atomic E-state index is 5.82. The summed E-state index contributed by atoms with van der Waals surface area (Å²) < 4.78 is 0. The lowest BCUT2D eigenvalue weighted by Gasteiger charge is -2.28. The summed E-state index contributed by atoms with van der Waals surface area (Å²) in [6.45, 7) is 8.47. The van der Waals surface area contributed by atoms with Gasteiger partial charge in [-0.1, -0.05) is 40.0 Å². The Bertz CT molecular complexity index is 229. The molecule has 0 saturated heterocycles. The second-order valence-corrected chi connectivity index (χ2v) is 5.52. The molecule has 4 heteroatoms. The van der Waals surface area contributed by atoms with Gasteiger partial charge in [0, 0.05) is 13.1 Å². The van der Waals surface area contributed by atoms with Gasteiger partial charge < -0.3 is 11.1 Å². The molecule has 102 valence electrons. The van der Waals surface area contributed by atoms with Gasteiger partial charge >= 0.3 is 0 Å². The van der Waals surface area contributed by atoms with E-state index in [1.54, 1.807) is 0 Å². The lowest BCUT2D eigenvalue weighted by molar-refractivity contribution is 0.256. The first-order chi connectivity index (χ1) is 7.59. The number of nitrogens with one attached hydrogen (secondary N) is 1. The largest absolute Gasteiger partial charge is 0.370 e. The van der Waals surface area contributed by atoms with Gasteiger partial charge in [0.1, 0.15) is 0 Å². The average molecular weight is 353 g/mol. The van der Waals surface area contributed by atoms with E-state index in [9.17, 15) is 0 Å². The highest BCUT2D eigenvalue weighted by molar-refractivity contribution is 14.0. The number of rotatable bonds is 4. The van der Waals surface area contributed by atoms with E-state index in [1.165, 1.54) is 25.7 Å². The average Bonchev–Trinajstić information content (AvgIpc) is 2.25. The van der Waals surface area contributed by atoms with Gasteiger partial charge in [0.05, 0.1) is 0 Å². The van der Waals surface area contributed by atoms with E-state index < -0.39 is 0 Å². The number of aliphatic imine (C=N–C) groups is 1. The molecule has 0 aromatic rings. The second-order valence-electron chi connectivity index (χ2n) is 5.52. The van der Waals surface area contributed by atoms with Crippen LogP contribution in [0.3, 0.4) is 0 Å². The topological polar surface area (TPSA) is 50.4 Å². The summed E-state index contributed by atoms with van der Waals surface area (Å²) >= 11 is 0. The van der Waals surface area contributed by atoms with Crippen LogP contribution < -0.4 is 11.1 Å². The minimum atomic E-state index is 0. The van der Waals surface area contributed by atoms with Gasteiger partial charge in [0.15, 0.2) is 5.96 Å². The van der Waals surface area contributed by atoms with Crippen LogP contribution in [0.4, 0.5) is 0 Å². The molecule has 17 heavy (non-hydrogen) atoms. The Morgan fingerprint density at radius 1 is 1.35 bits per heavy atom. The molecule has 0 bridgehead atoms. The summed E-state index contributed by atoms with van der Waals surface area (Å²) in [5, 5.41) is 3.27. The number of hydrogen-bond acceptors (Lipinski definition) is 1. The predicted molar refractivity (Wildman–Crippen MR) is 85.9 cm³/mol. The molecule has 2 atom stereocenters. The Balaban J connectivity index is 0.00000256. The third-order valence-electron chi connectivity index (χ3n) is 3.46. The van der Waals surface area contributed by atoms with Gasteiger partial charge in [-0.05, 0) is 24.2 Å². The predicted octanol–water partition coefficient (Wildman–Crippen LogP) is 2.99. The fourth-order valence-electron chi connectivity index (χ4n) is 2.27. The van der Waals surface area contributed by atoms with E-state index in [1.807, 2.05) is 0 Å². The Kier molecular flexibility index (Phi) is 9.00. The minimum Gasteiger partial charge on any atom is -0.370 e. The molecule has 2 unspecified atom stereocenters. The summed E-state index contributed by atoms with van der Waals surface area (Å²) in [7, 11) is 0. The van der Waals surface area contributed by atoms with Crippen LogP contribution in [0.25, 0.3) is 0 Å². The van der Waals surface area contributed by atoms with Crippen LogP contribution in [-0.2, 0) is 0 Å². The monoisotopic (exact) mass is 353 g/mol. The van der Waals surface area contributed by atoms with E-state index in [0.29, 0.717) is 11.9 Å². The normalized spacial score (nSPS) is 25.5. The number of halogens is 1. The Morgan fingerprint density at radius 2 is 2.00 bits per heavy atom. The zero-order valence-electron chi connectivity index (χ0n) is 11.4. The zero-order valence-corrected chi connectivity index (χ0v) is 13.7. The van der Waals surface area contributed by atoms with E-state index in [0.717, 1.165) is 24.9 Å². The van der Waals surface area contributed by atoms with Crippen molar-refractivity contribution in [1.82, 2.24) is 5.32 Å². The van der Waals surface area contributed by atoms with E-state index >= 15 is 0 Å². The van der Waals surface area contributed by atoms with Crippen molar-refractivity contribution in [2.75, 3.05) is 13.1 Å². The van der Waals surface area contributed by atoms with Crippen molar-refractivity contribution in [2.45, 2.75) is 46.5 Å². The second kappa shape index (κ2) is 9.00. The van der Waals surface area contributed by atoms with Crippen LogP contribution in [0.2, 0.25) is 0 Å². The Hall–Kier alpha value is 0. The molecule has 0 aromatic carbocycles. The van der Waals surface area contributed by atoms with Gasteiger partial charge in [0.2, 0.25) is 0 Å². The summed E-state index contributed by atoms with van der Waals surface area (Å²) in [5.74, 6) is 2.81. The molecular formula is C13H28IN3. The molecular weight excluding hydrogens is 325 g/mol. The lowest BCUT2D eigenvalue weighted by Crippen LogP contribution is -2.38. The molecule has 3 nitrogen and oxygen atoms in total. The fraction of sp³-hybridized carbons (Fsp3) is 0.923. The molecule has 1 fully saturated rings. The maximum Gasteiger partial charge on any atom is 0.188 e. The minimum absolute atomic E-state index is 0. The molecule has 0 aliphatic heterocycles. The quantitative estimate of drug-likeness (QED) is 0.464. The third kappa shape index (κ3) is 7.11. The summed E-state index contributed by atoms with van der Waals surface area (Å²) in [6, 6.07) is 0. The first kappa shape index (κ1) is 17.0. The first-order valence-corrected chi connectivity index (χ1v) is 6.63. The summed E-state index contributed by atoms with van der Waals surface area (Å²) in [5.41, 5.74) is 5.82. The van der Waals surface area contributed by atoms with Crippen molar-refractivity contribution in [3.63, 3.8) is 0 Å². The SMILES string of the molecule is CC(C)CN=C(N)NCC1CCCCC1C.I. The standard InChI is InChI=1S/C13H27N3.HI/c1-10(2)8-15-13(14)16-9-12-7-5-4-6-11(12)3;/h10-12H,4-9H2,1-3H3,(H3,14,15,16);1H. The highest BCUT2D eigenvalue weighted by atomic mass is 127. The Morgan fingerprint density at radius 3 is 2.59 bits per heavy atom. The van der Waals surface area contributed by atoms with Crippen molar-refractivity contribution in [3.8, 4) is 0 Å². The molecule has 0 radical (unpaired) electrons. The third-order valence-corrected chi connectivity index (χ3v) is 3.46. The molecule has 0 aromatic heterocycles. The van der Waals surface area contributed by atoms with Gasteiger partial charge in [0.25, 0.3) is 0 Å². The highest BCUT2D eigenvalue weighted by Crippen LogP contribution is 2.28. The van der Waals surface area contributed by atoms with Crippen LogP contribution in [-0.4, -0.2) is 19.0 Å². The molecule has 0 spiro atoms. The Labute approximate surface area is 123 Å². The van der Waals surface area contributed by atoms with Crippen LogP contribution in [0.5, 0.6) is 0 Å². The highest BCUT2D eigenvalue weighted by Gasteiger charge is 2.20. The van der Waals surface area contributed by atoms with Crippen molar-refractivity contribution in [2.24, 2.45) is 28.5 Å². The van der Waals surface area contributed by atoms with Gasteiger partial charge in [-0.3, -0.25) is 4.99 Å². The molecule has 1 aliphatic carbocycles. The van der Waals surface area contributed by atoms with Gasteiger partial charge in [-0.15, -0.1) is 24.0 Å². The number of nitrogens with two attached hydrogens (primary N) is 1. The van der Waals surface area contributed by atoms with Crippen molar-refractivity contribution >= 4 is 29.9 Å². The molecule has 1 aliphatic rings. The van der Waals surface area contributed by atoms with E-state index in [2.05, 4.69) is 31.1 Å². The smallest absolute Gasteiger partial charge is 0.188 e. The van der Waals surface area contributed by atoms with Crippen LogP contribution in [0, 0.1) is 17.8 Å². The number of guanidine groups is 1. The van der Waals surface area contributed by atoms with Crippen molar-refractivity contribution in [3.05, 3.63) is 0 Å². The van der Waals surface area contributed by atoms with E-state index in [-0.39, 0.29) is 24.0 Å². The molecule has 1 saturated carbocycles. The van der Waals surface area contributed by atoms with E-state index in [4.69, 9.17) is 5.73 Å². The number of nitrogens with zero attached hydrogens (tertiary/aromatic N) is 1. The summed E-state index contributed by atoms with van der Waals surface area (Å²) in [4.78, 5) is 4.32. The molecule has 0 heterocycles. The molecule has 3 N–H and O–H groups in total. The lowest BCUT2D eigenvalue weighted by atomic mass is 9.80. The summed E-state index contributed by atoms with van der Waals surface area (Å²) in [6.07, 6.45) is 5.48. The molecule has 1 rings (SSSR count).